The van der Waals surface area contributed by atoms with Crippen molar-refractivity contribution in [1.82, 2.24) is 15.2 Å². The lowest BCUT2D eigenvalue weighted by Crippen LogP contribution is -2.52. The quantitative estimate of drug-likeness (QED) is 0.498. The van der Waals surface area contributed by atoms with Crippen LogP contribution in [0.2, 0.25) is 5.02 Å². The van der Waals surface area contributed by atoms with Crippen molar-refractivity contribution < 1.29 is 0 Å². The Morgan fingerprint density at radius 3 is 2.58 bits per heavy atom. The highest BCUT2D eigenvalue weighted by atomic mass is 35.5. The van der Waals surface area contributed by atoms with Crippen LogP contribution in [0.3, 0.4) is 0 Å². The van der Waals surface area contributed by atoms with Crippen LogP contribution in [0.25, 0.3) is 0 Å². The summed E-state index contributed by atoms with van der Waals surface area (Å²) in [4.78, 5) is 13.5. The van der Waals surface area contributed by atoms with Crippen molar-refractivity contribution in [2.24, 2.45) is 4.99 Å². The maximum absolute atomic E-state index is 6.22. The fraction of sp³-hybridized carbons (Fsp3) is 0.400. The Hall–Kier alpha value is -2.27. The molecule has 0 radical (unpaired) electrons. The maximum atomic E-state index is 6.22. The number of halogens is 1. The molecule has 1 aliphatic heterocycles. The lowest BCUT2D eigenvalue weighted by atomic mass is 10.1. The number of aryl methyl sites for hydroxylation is 1. The van der Waals surface area contributed by atoms with Crippen molar-refractivity contribution in [1.29, 1.82) is 0 Å². The number of hydrogen-bond donors (Lipinski definition) is 1. The molecule has 138 valence electrons. The average Bonchev–Trinajstić information content (AvgIpc) is 2.70. The molecule has 1 saturated heterocycles. The van der Waals surface area contributed by atoms with E-state index in [9.17, 15) is 0 Å². The number of aliphatic imine (C=N–C) groups is 1. The molecule has 0 unspecified atom stereocenters. The van der Waals surface area contributed by atoms with Crippen LogP contribution < -0.4 is 10.2 Å². The first-order chi connectivity index (χ1) is 12.8. The van der Waals surface area contributed by atoms with Crippen LogP contribution in [0.4, 0.5) is 5.82 Å². The normalized spacial score (nSPS) is 15.2. The summed E-state index contributed by atoms with van der Waals surface area (Å²) < 4.78 is 0. The standard InChI is InChI=1S/C20H26ClN5/c1-22-20(24-12-6-8-17-7-2-3-9-18(17)21)26-15-13-25(14-16-26)19-10-4-5-11-23-19/h2-5,7,9-11H,6,8,12-16H2,1H3,(H,22,24). The summed E-state index contributed by atoms with van der Waals surface area (Å²) in [5.74, 6) is 2.03. The molecule has 1 aliphatic rings. The average molecular weight is 372 g/mol. The van der Waals surface area contributed by atoms with Gasteiger partial charge in [-0.3, -0.25) is 4.99 Å². The highest BCUT2D eigenvalue weighted by Crippen LogP contribution is 2.16. The first-order valence-electron chi connectivity index (χ1n) is 9.13. The van der Waals surface area contributed by atoms with Crippen LogP contribution in [-0.2, 0) is 6.42 Å². The number of hydrogen-bond acceptors (Lipinski definition) is 3. The summed E-state index contributed by atoms with van der Waals surface area (Å²) in [6, 6.07) is 14.1. The third-order valence-electron chi connectivity index (χ3n) is 4.63. The van der Waals surface area contributed by atoms with Crippen LogP contribution in [0.15, 0.2) is 53.7 Å². The van der Waals surface area contributed by atoms with Gasteiger partial charge in [-0.15, -0.1) is 0 Å². The Labute approximate surface area is 160 Å². The molecule has 26 heavy (non-hydrogen) atoms. The molecule has 3 rings (SSSR count). The van der Waals surface area contributed by atoms with Crippen molar-refractivity contribution in [2.45, 2.75) is 12.8 Å². The van der Waals surface area contributed by atoms with Gasteiger partial charge in [-0.1, -0.05) is 35.9 Å². The van der Waals surface area contributed by atoms with Crippen molar-refractivity contribution in [3.8, 4) is 0 Å². The van der Waals surface area contributed by atoms with E-state index < -0.39 is 0 Å². The smallest absolute Gasteiger partial charge is 0.193 e. The van der Waals surface area contributed by atoms with E-state index in [2.05, 4.69) is 37.2 Å². The van der Waals surface area contributed by atoms with Gasteiger partial charge in [-0.2, -0.15) is 0 Å². The number of aromatic nitrogens is 1. The van der Waals surface area contributed by atoms with Gasteiger partial charge < -0.3 is 15.1 Å². The van der Waals surface area contributed by atoms with E-state index in [-0.39, 0.29) is 0 Å². The number of benzene rings is 1. The van der Waals surface area contributed by atoms with Gasteiger partial charge in [0.1, 0.15) is 5.82 Å². The molecule has 0 bridgehead atoms. The molecule has 0 spiro atoms. The van der Waals surface area contributed by atoms with Crippen molar-refractivity contribution in [3.05, 3.63) is 59.2 Å². The van der Waals surface area contributed by atoms with Gasteiger partial charge in [-0.05, 0) is 36.6 Å². The van der Waals surface area contributed by atoms with Gasteiger partial charge in [-0.25, -0.2) is 4.98 Å². The lowest BCUT2D eigenvalue weighted by Gasteiger charge is -2.37. The van der Waals surface area contributed by atoms with Gasteiger partial charge in [0.25, 0.3) is 0 Å². The summed E-state index contributed by atoms with van der Waals surface area (Å²) in [6.07, 6.45) is 3.84. The van der Waals surface area contributed by atoms with Crippen molar-refractivity contribution in [2.75, 3.05) is 44.7 Å². The van der Waals surface area contributed by atoms with Crippen LogP contribution in [-0.4, -0.2) is 55.6 Å². The lowest BCUT2D eigenvalue weighted by molar-refractivity contribution is 0.371. The summed E-state index contributed by atoms with van der Waals surface area (Å²) in [5.41, 5.74) is 1.20. The molecule has 2 heterocycles. The first-order valence-corrected chi connectivity index (χ1v) is 9.50. The third-order valence-corrected chi connectivity index (χ3v) is 5.00. The van der Waals surface area contributed by atoms with Crippen molar-refractivity contribution in [3.63, 3.8) is 0 Å². The predicted octanol–water partition coefficient (Wildman–Crippen LogP) is 3.07. The van der Waals surface area contributed by atoms with E-state index in [0.717, 1.165) is 62.4 Å². The SMILES string of the molecule is CN=C(NCCCc1ccccc1Cl)N1CCN(c2ccccn2)CC1. The topological polar surface area (TPSA) is 43.8 Å². The molecule has 6 heteroatoms. The van der Waals surface area contributed by atoms with Gasteiger partial charge in [0.2, 0.25) is 0 Å². The first kappa shape index (κ1) is 18.5. The Balaban J connectivity index is 1.43. The molecule has 5 nitrogen and oxygen atoms in total. The monoisotopic (exact) mass is 371 g/mol. The summed E-state index contributed by atoms with van der Waals surface area (Å²) in [5, 5.41) is 4.33. The molecule has 1 aromatic carbocycles. The molecule has 0 atom stereocenters. The number of nitrogens with one attached hydrogen (secondary N) is 1. The Bertz CT molecular complexity index is 711. The summed E-state index contributed by atoms with van der Waals surface area (Å²) in [6.45, 7) is 4.69. The van der Waals surface area contributed by atoms with Gasteiger partial charge in [0.15, 0.2) is 5.96 Å². The highest BCUT2D eigenvalue weighted by Gasteiger charge is 2.20. The molecule has 0 saturated carbocycles. The highest BCUT2D eigenvalue weighted by molar-refractivity contribution is 6.31. The zero-order chi connectivity index (χ0) is 18.2. The minimum atomic E-state index is 0.850. The van der Waals surface area contributed by atoms with E-state index in [1.165, 1.54) is 5.56 Å². The minimum Gasteiger partial charge on any atom is -0.356 e. The fourth-order valence-corrected chi connectivity index (χ4v) is 3.43. The van der Waals surface area contributed by atoms with Crippen molar-refractivity contribution >= 4 is 23.4 Å². The van der Waals surface area contributed by atoms with Crippen LogP contribution in [0.1, 0.15) is 12.0 Å². The molecular formula is C20H26ClN5. The van der Waals surface area contributed by atoms with Gasteiger partial charge >= 0.3 is 0 Å². The Kier molecular flexibility index (Phi) is 6.72. The zero-order valence-electron chi connectivity index (χ0n) is 15.2. The molecule has 0 aliphatic carbocycles. The number of piperazine rings is 1. The molecule has 1 fully saturated rings. The van der Waals surface area contributed by atoms with Crippen LogP contribution >= 0.6 is 11.6 Å². The van der Waals surface area contributed by atoms with E-state index in [1.54, 1.807) is 0 Å². The second-order valence-electron chi connectivity index (χ2n) is 6.33. The number of nitrogens with zero attached hydrogens (tertiary/aromatic N) is 4. The molecule has 1 aromatic heterocycles. The Morgan fingerprint density at radius 1 is 1.12 bits per heavy atom. The van der Waals surface area contributed by atoms with E-state index in [4.69, 9.17) is 11.6 Å². The second-order valence-corrected chi connectivity index (χ2v) is 6.74. The van der Waals surface area contributed by atoms with Crippen LogP contribution in [0.5, 0.6) is 0 Å². The number of guanidine groups is 1. The molecular weight excluding hydrogens is 346 g/mol. The van der Waals surface area contributed by atoms with Crippen LogP contribution in [0, 0.1) is 0 Å². The van der Waals surface area contributed by atoms with E-state index in [0.29, 0.717) is 0 Å². The third kappa shape index (κ3) is 4.88. The van der Waals surface area contributed by atoms with E-state index in [1.807, 2.05) is 43.6 Å². The zero-order valence-corrected chi connectivity index (χ0v) is 16.0. The van der Waals surface area contributed by atoms with Gasteiger partial charge in [0.05, 0.1) is 0 Å². The largest absolute Gasteiger partial charge is 0.356 e. The number of pyridine rings is 1. The Morgan fingerprint density at radius 2 is 1.88 bits per heavy atom. The van der Waals surface area contributed by atoms with Gasteiger partial charge in [0, 0.05) is 51.0 Å². The summed E-state index contributed by atoms with van der Waals surface area (Å²) in [7, 11) is 1.85. The second kappa shape index (κ2) is 9.43. The maximum Gasteiger partial charge on any atom is 0.193 e. The summed E-state index contributed by atoms with van der Waals surface area (Å²) >= 11 is 6.22. The number of anilines is 1. The minimum absolute atomic E-state index is 0.850. The molecule has 1 N–H and O–H groups in total. The molecule has 0 amide bonds. The number of rotatable bonds is 5. The van der Waals surface area contributed by atoms with E-state index >= 15 is 0 Å². The predicted molar refractivity (Wildman–Crippen MR) is 109 cm³/mol. The fourth-order valence-electron chi connectivity index (χ4n) is 3.20. The molecule has 2 aromatic rings.